The van der Waals surface area contributed by atoms with Crippen LogP contribution in [0.25, 0.3) is 0 Å². The molecular weight excluding hydrogens is 475 g/mol. The molecule has 7 heteroatoms. The Morgan fingerprint density at radius 2 is 1.44 bits per heavy atom. The minimum Gasteiger partial charge on any atom is -0.391 e. The highest BCUT2D eigenvalue weighted by molar-refractivity contribution is 5.79. The summed E-state index contributed by atoms with van der Waals surface area (Å²) in [7, 11) is 0. The third-order valence-electron chi connectivity index (χ3n) is 11.2. The van der Waals surface area contributed by atoms with E-state index in [1.165, 1.54) is 0 Å². The van der Waals surface area contributed by atoms with Gasteiger partial charge in [0.15, 0.2) is 23.3 Å². The number of carbonyl (C=O) groups excluding carboxylic acids is 1. The Bertz CT molecular complexity index is 1130. The Labute approximate surface area is 209 Å². The van der Waals surface area contributed by atoms with Gasteiger partial charge in [0.1, 0.15) is 5.78 Å². The molecule has 0 heterocycles. The largest absolute Gasteiger partial charge is 0.391 e. The summed E-state index contributed by atoms with van der Waals surface area (Å²) < 4.78 is 71.9. The van der Waals surface area contributed by atoms with Crippen LogP contribution < -0.4 is 0 Å². The molecule has 4 aliphatic carbocycles. The Morgan fingerprint density at radius 1 is 0.861 bits per heavy atom. The number of halogens is 5. The number of fused-ring (bicyclic) bond motifs is 5. The molecule has 0 radical (unpaired) electrons. The summed E-state index contributed by atoms with van der Waals surface area (Å²) in [6.45, 7) is 6.01. The molecule has 1 unspecified atom stereocenters. The fraction of sp³-hybridized carbons (Fsp3) is 0.690. The molecular formula is C29H33F5O2. The molecule has 0 amide bonds. The van der Waals surface area contributed by atoms with Crippen molar-refractivity contribution in [3.05, 3.63) is 34.6 Å². The van der Waals surface area contributed by atoms with E-state index in [0.29, 0.717) is 18.3 Å². The quantitative estimate of drug-likeness (QED) is 0.215. The molecule has 5 rings (SSSR count). The predicted molar refractivity (Wildman–Crippen MR) is 124 cm³/mol. The first-order valence-electron chi connectivity index (χ1n) is 13.0. The highest BCUT2D eigenvalue weighted by Gasteiger charge is 2.64. The van der Waals surface area contributed by atoms with Crippen LogP contribution in [0.2, 0.25) is 0 Å². The van der Waals surface area contributed by atoms with E-state index in [4.69, 9.17) is 6.42 Å². The molecule has 1 aromatic carbocycles. The topological polar surface area (TPSA) is 37.3 Å². The number of hydrogen-bond acceptors (Lipinski definition) is 2. The average molecular weight is 509 g/mol. The zero-order chi connectivity index (χ0) is 26.4. The third-order valence-corrected chi connectivity index (χ3v) is 11.2. The van der Waals surface area contributed by atoms with Crippen molar-refractivity contribution in [1.82, 2.24) is 0 Å². The first-order valence-corrected chi connectivity index (χ1v) is 13.0. The smallest absolute Gasteiger partial charge is 0.200 e. The van der Waals surface area contributed by atoms with Gasteiger partial charge in [-0.15, -0.1) is 6.42 Å². The maximum absolute atomic E-state index is 14.9. The second kappa shape index (κ2) is 8.28. The lowest BCUT2D eigenvalue weighted by Crippen LogP contribution is -2.59. The molecule has 4 aliphatic rings. The average Bonchev–Trinajstić information content (AvgIpc) is 3.19. The lowest BCUT2D eigenvalue weighted by molar-refractivity contribution is -0.148. The summed E-state index contributed by atoms with van der Waals surface area (Å²) >= 11 is 0. The Hall–Kier alpha value is -1.94. The van der Waals surface area contributed by atoms with Crippen molar-refractivity contribution in [2.24, 2.45) is 40.4 Å². The van der Waals surface area contributed by atoms with Gasteiger partial charge >= 0.3 is 0 Å². The van der Waals surface area contributed by atoms with Crippen molar-refractivity contribution in [2.75, 3.05) is 0 Å². The minimum atomic E-state index is -2.23. The minimum absolute atomic E-state index is 0.0402. The fourth-order valence-corrected chi connectivity index (χ4v) is 9.46. The summed E-state index contributed by atoms with van der Waals surface area (Å²) in [5, 5.41) is 11.4. The van der Waals surface area contributed by atoms with Crippen molar-refractivity contribution < 1.29 is 31.9 Å². The first kappa shape index (κ1) is 25.7. The van der Waals surface area contributed by atoms with Gasteiger partial charge in [0.2, 0.25) is 5.82 Å². The van der Waals surface area contributed by atoms with Gasteiger partial charge in [-0.1, -0.05) is 19.8 Å². The van der Waals surface area contributed by atoms with Crippen molar-refractivity contribution in [3.63, 3.8) is 0 Å². The van der Waals surface area contributed by atoms with Crippen LogP contribution in [0.5, 0.6) is 0 Å². The molecule has 4 saturated carbocycles. The van der Waals surface area contributed by atoms with Crippen LogP contribution in [-0.2, 0) is 10.2 Å². The Morgan fingerprint density at radius 3 is 2.03 bits per heavy atom. The van der Waals surface area contributed by atoms with Crippen molar-refractivity contribution >= 4 is 5.78 Å². The zero-order valence-corrected chi connectivity index (χ0v) is 20.9. The number of Topliss-reactive ketones (excluding diaryl/α,β-unsaturated/α-hetero) is 1. The lowest BCUT2D eigenvalue weighted by atomic mass is 9.42. The molecule has 196 valence electrons. The van der Waals surface area contributed by atoms with E-state index in [2.05, 4.69) is 19.8 Å². The number of ketones is 1. The Kier molecular flexibility index (Phi) is 5.91. The number of hydrogen-bond donors (Lipinski definition) is 1. The van der Waals surface area contributed by atoms with Crippen LogP contribution in [0.4, 0.5) is 22.0 Å². The number of carbonyl (C=O) groups is 1. The van der Waals surface area contributed by atoms with Crippen LogP contribution >= 0.6 is 0 Å². The summed E-state index contributed by atoms with van der Waals surface area (Å²) in [6, 6.07) is 0. The summed E-state index contributed by atoms with van der Waals surface area (Å²) in [5.41, 5.74) is -3.52. The molecule has 1 aromatic rings. The molecule has 0 spiro atoms. The van der Waals surface area contributed by atoms with E-state index in [1.807, 2.05) is 0 Å². The van der Waals surface area contributed by atoms with Gasteiger partial charge < -0.3 is 5.11 Å². The SMILES string of the molecule is C#C[C@@]1(c2c(F)c(F)c(F)c(F)c2F)C[C@H]2CC[C@@H]3[C@H](CC[C@]4(C)[C@@H](C(C)=O)CC[C@@H]34)[C@@]2(C)CC1O. The normalized spacial score (nSPS) is 43.8. The summed E-state index contributed by atoms with van der Waals surface area (Å²) in [6.07, 6.45) is 9.60. The number of terminal acetylenes is 1. The van der Waals surface area contributed by atoms with E-state index in [9.17, 15) is 31.9 Å². The maximum Gasteiger partial charge on any atom is 0.200 e. The molecule has 0 aromatic heterocycles. The van der Waals surface area contributed by atoms with Gasteiger partial charge in [-0.05, 0) is 92.8 Å². The second-order valence-corrected chi connectivity index (χ2v) is 12.4. The van der Waals surface area contributed by atoms with E-state index in [1.54, 1.807) is 6.92 Å². The first-order chi connectivity index (χ1) is 16.8. The van der Waals surface area contributed by atoms with Crippen LogP contribution in [0.1, 0.15) is 77.7 Å². The highest BCUT2D eigenvalue weighted by Crippen LogP contribution is 2.69. The van der Waals surface area contributed by atoms with E-state index in [-0.39, 0.29) is 47.2 Å². The predicted octanol–water partition coefficient (Wildman–Crippen LogP) is 6.47. The van der Waals surface area contributed by atoms with Gasteiger partial charge in [0.25, 0.3) is 0 Å². The number of aliphatic hydroxyl groups is 1. The lowest BCUT2D eigenvalue weighted by Gasteiger charge is -2.63. The van der Waals surface area contributed by atoms with Gasteiger partial charge in [-0.3, -0.25) is 4.79 Å². The van der Waals surface area contributed by atoms with Gasteiger partial charge in [-0.2, -0.15) is 0 Å². The van der Waals surface area contributed by atoms with Crippen LogP contribution in [0.15, 0.2) is 0 Å². The highest BCUT2D eigenvalue weighted by atomic mass is 19.2. The summed E-state index contributed by atoms with van der Waals surface area (Å²) in [4.78, 5) is 12.4. The molecule has 9 atom stereocenters. The summed E-state index contributed by atoms with van der Waals surface area (Å²) in [5.74, 6) is -6.78. The number of benzene rings is 1. The van der Waals surface area contributed by atoms with E-state index >= 15 is 0 Å². The second-order valence-electron chi connectivity index (χ2n) is 12.4. The van der Waals surface area contributed by atoms with Crippen LogP contribution in [-0.4, -0.2) is 17.0 Å². The molecule has 0 aliphatic heterocycles. The van der Waals surface area contributed by atoms with Crippen LogP contribution in [0, 0.1) is 81.8 Å². The molecule has 0 saturated heterocycles. The zero-order valence-electron chi connectivity index (χ0n) is 20.9. The Balaban J connectivity index is 1.52. The maximum atomic E-state index is 14.9. The molecule has 0 bridgehead atoms. The third kappa shape index (κ3) is 3.15. The fourth-order valence-electron chi connectivity index (χ4n) is 9.46. The van der Waals surface area contributed by atoms with Gasteiger partial charge in [0, 0.05) is 5.92 Å². The van der Waals surface area contributed by atoms with Crippen LogP contribution in [0.3, 0.4) is 0 Å². The van der Waals surface area contributed by atoms with Gasteiger partial charge in [0.05, 0.1) is 17.1 Å². The standard InChI is InChI=1S/C29H33F5O2/c1-5-29(21-22(30)24(32)26(34)25(33)23(21)31)12-15-6-7-16-18-9-8-17(14(2)35)27(18,3)11-10-19(16)28(15,4)13-20(29)36/h1,15-20,36H,6-13H2,2-4H3/t15-,16+,17-,18+,19+,20?,27-,28+,29-/m1/s1. The van der Waals surface area contributed by atoms with Gasteiger partial charge in [-0.25, -0.2) is 22.0 Å². The van der Waals surface area contributed by atoms with Crippen molar-refractivity contribution in [2.45, 2.75) is 83.7 Å². The molecule has 2 nitrogen and oxygen atoms in total. The molecule has 36 heavy (non-hydrogen) atoms. The van der Waals surface area contributed by atoms with Crippen molar-refractivity contribution in [1.29, 1.82) is 0 Å². The van der Waals surface area contributed by atoms with Crippen molar-refractivity contribution in [3.8, 4) is 12.3 Å². The number of rotatable bonds is 2. The monoisotopic (exact) mass is 508 g/mol. The van der Waals surface area contributed by atoms with E-state index < -0.39 is 46.2 Å². The van der Waals surface area contributed by atoms with E-state index in [0.717, 1.165) is 32.1 Å². The molecule has 1 N–H and O–H groups in total. The number of aliphatic hydroxyl groups excluding tert-OH is 1. The molecule has 4 fully saturated rings.